The number of rotatable bonds is 3. The first-order valence-electron chi connectivity index (χ1n) is 6.64. The van der Waals surface area contributed by atoms with Gasteiger partial charge in [-0.1, -0.05) is 18.2 Å². The first kappa shape index (κ1) is 16.2. The van der Waals surface area contributed by atoms with Gasteiger partial charge in [0.05, 0.1) is 21.8 Å². The van der Waals surface area contributed by atoms with E-state index in [1.807, 2.05) is 0 Å². The number of H-pyrrole nitrogens is 1. The van der Waals surface area contributed by atoms with Crippen molar-refractivity contribution in [2.24, 2.45) is 0 Å². The van der Waals surface area contributed by atoms with E-state index in [1.165, 1.54) is 12.1 Å². The Balaban J connectivity index is 1.99. The van der Waals surface area contributed by atoms with Crippen LogP contribution in [0.5, 0.6) is 0 Å². The molecule has 3 aromatic rings. The zero-order valence-corrected chi connectivity index (χ0v) is 12.6. The van der Waals surface area contributed by atoms with Crippen molar-refractivity contribution in [1.82, 2.24) is 9.97 Å². The van der Waals surface area contributed by atoms with E-state index < -0.39 is 23.3 Å². The van der Waals surface area contributed by atoms with Gasteiger partial charge in [0.2, 0.25) is 0 Å². The normalized spacial score (nSPS) is 11.8. The Morgan fingerprint density at radius 1 is 1.29 bits per heavy atom. The number of aromatic carboxylic acids is 1. The minimum Gasteiger partial charge on any atom is -0.544 e. The second-order valence-corrected chi connectivity index (χ2v) is 6.04. The predicted molar refractivity (Wildman–Crippen MR) is 78.8 cm³/mol. The monoisotopic (exact) mass is 353 g/mol. The highest BCUT2D eigenvalue weighted by molar-refractivity contribution is 7.20. The molecular formula is C15H8F3N2O3S-. The summed E-state index contributed by atoms with van der Waals surface area (Å²) in [6.45, 7) is 0. The van der Waals surface area contributed by atoms with Gasteiger partial charge in [-0.15, -0.1) is 11.3 Å². The summed E-state index contributed by atoms with van der Waals surface area (Å²) in [6, 6.07) is 5.85. The molecule has 24 heavy (non-hydrogen) atoms. The molecule has 0 spiro atoms. The van der Waals surface area contributed by atoms with Crippen LogP contribution in [0, 0.1) is 0 Å². The molecule has 0 saturated heterocycles. The maximum Gasteiger partial charge on any atom is 0.416 e. The van der Waals surface area contributed by atoms with E-state index in [2.05, 4.69) is 9.97 Å². The van der Waals surface area contributed by atoms with Gasteiger partial charge in [0.15, 0.2) is 0 Å². The minimum absolute atomic E-state index is 0.0202. The number of aromatic amines is 1. The van der Waals surface area contributed by atoms with Crippen molar-refractivity contribution in [3.05, 3.63) is 62.5 Å². The van der Waals surface area contributed by atoms with Crippen molar-refractivity contribution in [3.8, 4) is 0 Å². The van der Waals surface area contributed by atoms with Gasteiger partial charge >= 0.3 is 6.18 Å². The van der Waals surface area contributed by atoms with Crippen molar-refractivity contribution in [2.75, 3.05) is 0 Å². The molecule has 124 valence electrons. The molecule has 0 radical (unpaired) electrons. The third kappa shape index (κ3) is 3.16. The van der Waals surface area contributed by atoms with E-state index in [0.29, 0.717) is 5.56 Å². The van der Waals surface area contributed by atoms with Crippen LogP contribution in [-0.2, 0) is 12.6 Å². The SMILES string of the molecule is O=C([O-])c1cc2c(=O)[nH]c(Cc3cccc(C(F)(F)F)c3)nc2s1. The summed E-state index contributed by atoms with van der Waals surface area (Å²) in [5.74, 6) is -1.27. The van der Waals surface area contributed by atoms with Gasteiger partial charge in [0, 0.05) is 6.42 Å². The van der Waals surface area contributed by atoms with Gasteiger partial charge in [-0.2, -0.15) is 13.2 Å². The summed E-state index contributed by atoms with van der Waals surface area (Å²) in [4.78, 5) is 29.4. The number of nitrogens with zero attached hydrogens (tertiary/aromatic N) is 1. The molecule has 0 bridgehead atoms. The Morgan fingerprint density at radius 3 is 2.71 bits per heavy atom. The van der Waals surface area contributed by atoms with Crippen molar-refractivity contribution in [2.45, 2.75) is 12.6 Å². The highest BCUT2D eigenvalue weighted by Crippen LogP contribution is 2.30. The quantitative estimate of drug-likeness (QED) is 0.780. The highest BCUT2D eigenvalue weighted by atomic mass is 32.1. The molecule has 5 nitrogen and oxygen atoms in total. The third-order valence-electron chi connectivity index (χ3n) is 3.28. The Bertz CT molecular complexity index is 992. The zero-order valence-electron chi connectivity index (χ0n) is 11.8. The second kappa shape index (κ2) is 5.75. The maximum atomic E-state index is 12.7. The number of hydrogen-bond donors (Lipinski definition) is 1. The number of fused-ring (bicyclic) bond motifs is 1. The molecule has 0 atom stereocenters. The summed E-state index contributed by atoms with van der Waals surface area (Å²) in [5.41, 5.74) is -1.02. The summed E-state index contributed by atoms with van der Waals surface area (Å²) in [6.07, 6.45) is -4.48. The molecule has 3 rings (SSSR count). The van der Waals surface area contributed by atoms with E-state index in [-0.39, 0.29) is 27.3 Å². The molecule has 0 unspecified atom stereocenters. The second-order valence-electron chi connectivity index (χ2n) is 5.00. The van der Waals surface area contributed by atoms with E-state index in [1.54, 1.807) is 0 Å². The van der Waals surface area contributed by atoms with Gasteiger partial charge in [-0.3, -0.25) is 4.79 Å². The summed E-state index contributed by atoms with van der Waals surface area (Å²) >= 11 is 0.779. The Hall–Kier alpha value is -2.68. The van der Waals surface area contributed by atoms with Crippen LogP contribution in [0.1, 0.15) is 26.6 Å². The molecule has 0 fully saturated rings. The number of aromatic nitrogens is 2. The molecule has 1 N–H and O–H groups in total. The van der Waals surface area contributed by atoms with E-state index >= 15 is 0 Å². The Kier molecular flexibility index (Phi) is 3.88. The minimum atomic E-state index is -4.46. The zero-order chi connectivity index (χ0) is 17.5. The molecule has 0 aliphatic carbocycles. The summed E-state index contributed by atoms with van der Waals surface area (Å²) < 4.78 is 38.2. The molecule has 0 aliphatic rings. The fourth-order valence-corrected chi connectivity index (χ4v) is 3.10. The lowest BCUT2D eigenvalue weighted by atomic mass is 10.1. The number of carbonyl (C=O) groups excluding carboxylic acids is 1. The number of carboxylic acids is 1. The summed E-state index contributed by atoms with van der Waals surface area (Å²) in [5, 5.41) is 10.9. The molecule has 2 aromatic heterocycles. The fourth-order valence-electron chi connectivity index (χ4n) is 2.21. The molecular weight excluding hydrogens is 345 g/mol. The molecule has 0 amide bonds. The number of halogens is 3. The van der Waals surface area contributed by atoms with E-state index in [4.69, 9.17) is 0 Å². The smallest absolute Gasteiger partial charge is 0.416 e. The van der Waals surface area contributed by atoms with Crippen LogP contribution < -0.4 is 10.7 Å². The van der Waals surface area contributed by atoms with Crippen molar-refractivity contribution in [1.29, 1.82) is 0 Å². The molecule has 0 saturated carbocycles. The van der Waals surface area contributed by atoms with Gasteiger partial charge in [-0.05, 0) is 17.7 Å². The molecule has 0 aliphatic heterocycles. The van der Waals surface area contributed by atoms with Crippen LogP contribution >= 0.6 is 11.3 Å². The average Bonchev–Trinajstić information content (AvgIpc) is 2.91. The number of carboxylic acid groups (broad SMARTS) is 1. The number of nitrogens with one attached hydrogen (secondary N) is 1. The average molecular weight is 353 g/mol. The largest absolute Gasteiger partial charge is 0.544 e. The topological polar surface area (TPSA) is 85.9 Å². The number of hydrogen-bond acceptors (Lipinski definition) is 5. The Morgan fingerprint density at radius 2 is 2.04 bits per heavy atom. The van der Waals surface area contributed by atoms with Gasteiger partial charge in [-0.25, -0.2) is 4.98 Å². The van der Waals surface area contributed by atoms with E-state index in [9.17, 15) is 27.9 Å². The van der Waals surface area contributed by atoms with Crippen LogP contribution in [0.3, 0.4) is 0 Å². The van der Waals surface area contributed by atoms with Gasteiger partial charge in [0.1, 0.15) is 10.7 Å². The number of alkyl halides is 3. The van der Waals surface area contributed by atoms with Crippen LogP contribution in [-0.4, -0.2) is 15.9 Å². The molecule has 2 heterocycles. The summed E-state index contributed by atoms with van der Waals surface area (Å²) in [7, 11) is 0. The number of benzene rings is 1. The van der Waals surface area contributed by atoms with Crippen molar-refractivity contribution >= 4 is 27.5 Å². The number of thiophene rings is 1. The molecule has 9 heteroatoms. The van der Waals surface area contributed by atoms with Crippen molar-refractivity contribution < 1.29 is 23.1 Å². The molecule has 1 aromatic carbocycles. The van der Waals surface area contributed by atoms with E-state index in [0.717, 1.165) is 29.5 Å². The first-order chi connectivity index (χ1) is 11.2. The lowest BCUT2D eigenvalue weighted by molar-refractivity contribution is -0.254. The lowest BCUT2D eigenvalue weighted by Gasteiger charge is -2.08. The van der Waals surface area contributed by atoms with Gasteiger partial charge < -0.3 is 14.9 Å². The van der Waals surface area contributed by atoms with Crippen LogP contribution in [0.4, 0.5) is 13.2 Å². The predicted octanol–water partition coefficient (Wildman–Crippen LogP) is 1.96. The van der Waals surface area contributed by atoms with Crippen LogP contribution in [0.2, 0.25) is 0 Å². The standard InChI is InChI=1S/C15H9F3N2O3S/c16-15(17,18)8-3-1-2-7(4-8)5-11-19-12(21)9-6-10(14(22)23)24-13(9)20-11/h1-4,6H,5H2,(H,22,23)(H,19,20,21)/p-1. The number of carbonyl (C=O) groups is 1. The fraction of sp³-hybridized carbons (Fsp3) is 0.133. The van der Waals surface area contributed by atoms with Crippen molar-refractivity contribution in [3.63, 3.8) is 0 Å². The maximum absolute atomic E-state index is 12.7. The van der Waals surface area contributed by atoms with Gasteiger partial charge in [0.25, 0.3) is 5.56 Å². The lowest BCUT2D eigenvalue weighted by Crippen LogP contribution is -2.20. The Labute approximate surface area is 136 Å². The highest BCUT2D eigenvalue weighted by Gasteiger charge is 2.30. The van der Waals surface area contributed by atoms with Crippen LogP contribution in [0.25, 0.3) is 10.2 Å². The third-order valence-corrected chi connectivity index (χ3v) is 4.29. The first-order valence-corrected chi connectivity index (χ1v) is 7.46. The van der Waals surface area contributed by atoms with Crippen LogP contribution in [0.15, 0.2) is 35.1 Å².